The molecule has 0 aliphatic heterocycles. The van der Waals surface area contributed by atoms with Gasteiger partial charge in [-0.25, -0.2) is 0 Å². The fourth-order valence-corrected chi connectivity index (χ4v) is 4.12. The van der Waals surface area contributed by atoms with Crippen molar-refractivity contribution in [1.29, 1.82) is 0 Å². The van der Waals surface area contributed by atoms with E-state index in [1.165, 1.54) is 6.07 Å². The SMILES string of the molecule is CC1(C(=O)O)CCCCC1(Br)Cc1cccc(C(F)(F)F)c1. The average molecular weight is 379 g/mol. The van der Waals surface area contributed by atoms with Crippen molar-refractivity contribution >= 4 is 21.9 Å². The molecule has 1 aliphatic rings. The second-order valence-electron chi connectivity index (χ2n) is 6.18. The molecule has 2 atom stereocenters. The molecule has 22 heavy (non-hydrogen) atoms. The Morgan fingerprint density at radius 1 is 1.32 bits per heavy atom. The van der Waals surface area contributed by atoms with Crippen molar-refractivity contribution in [2.75, 3.05) is 0 Å². The highest BCUT2D eigenvalue weighted by molar-refractivity contribution is 9.10. The van der Waals surface area contributed by atoms with Crippen molar-refractivity contribution in [3.8, 4) is 0 Å². The van der Waals surface area contributed by atoms with Gasteiger partial charge in [-0.2, -0.15) is 13.2 Å². The van der Waals surface area contributed by atoms with Crippen LogP contribution in [0.15, 0.2) is 24.3 Å². The molecule has 6 heteroatoms. The van der Waals surface area contributed by atoms with Crippen molar-refractivity contribution in [3.63, 3.8) is 0 Å². The molecule has 1 N–H and O–H groups in total. The summed E-state index contributed by atoms with van der Waals surface area (Å²) >= 11 is 3.57. The summed E-state index contributed by atoms with van der Waals surface area (Å²) < 4.78 is 37.7. The maximum absolute atomic E-state index is 12.8. The molecule has 0 bridgehead atoms. The number of hydrogen-bond acceptors (Lipinski definition) is 1. The summed E-state index contributed by atoms with van der Waals surface area (Å²) in [4.78, 5) is 11.7. The van der Waals surface area contributed by atoms with Crippen LogP contribution in [0.1, 0.15) is 43.7 Å². The normalized spacial score (nSPS) is 29.3. The lowest BCUT2D eigenvalue weighted by Gasteiger charge is -2.45. The van der Waals surface area contributed by atoms with E-state index in [4.69, 9.17) is 0 Å². The standard InChI is InChI=1S/C16H18BrF3O2/c1-14(13(21)22)7-2-3-8-15(14,17)10-11-5-4-6-12(9-11)16(18,19)20/h4-6,9H,2-3,7-8,10H2,1H3,(H,21,22). The third-order valence-corrected chi connectivity index (χ3v) is 6.25. The van der Waals surface area contributed by atoms with E-state index in [0.717, 1.165) is 25.0 Å². The minimum atomic E-state index is -4.39. The summed E-state index contributed by atoms with van der Waals surface area (Å²) in [7, 11) is 0. The van der Waals surface area contributed by atoms with E-state index in [1.54, 1.807) is 13.0 Å². The third kappa shape index (κ3) is 3.16. The third-order valence-electron chi connectivity index (χ3n) is 4.70. The lowest BCUT2D eigenvalue weighted by Crippen LogP contribution is -2.50. The number of rotatable bonds is 3. The molecule has 0 amide bonds. The van der Waals surface area contributed by atoms with Gasteiger partial charge in [-0.15, -0.1) is 0 Å². The molecule has 0 radical (unpaired) electrons. The molecule has 2 rings (SSSR count). The highest BCUT2D eigenvalue weighted by atomic mass is 79.9. The molecule has 1 saturated carbocycles. The van der Waals surface area contributed by atoms with Crippen LogP contribution in [0.2, 0.25) is 0 Å². The second kappa shape index (κ2) is 5.87. The van der Waals surface area contributed by atoms with E-state index in [2.05, 4.69) is 15.9 Å². The molecule has 2 unspecified atom stereocenters. The van der Waals surface area contributed by atoms with E-state index < -0.39 is 27.4 Å². The molecule has 2 nitrogen and oxygen atoms in total. The largest absolute Gasteiger partial charge is 0.481 e. The summed E-state index contributed by atoms with van der Waals surface area (Å²) in [6, 6.07) is 5.13. The number of halogens is 4. The molecule has 1 fully saturated rings. The van der Waals surface area contributed by atoms with Crippen LogP contribution >= 0.6 is 15.9 Å². The van der Waals surface area contributed by atoms with Gasteiger partial charge in [-0.1, -0.05) is 47.0 Å². The van der Waals surface area contributed by atoms with Gasteiger partial charge in [0, 0.05) is 4.32 Å². The lowest BCUT2D eigenvalue weighted by molar-refractivity contribution is -0.151. The summed E-state index contributed by atoms with van der Waals surface area (Å²) in [5.41, 5.74) is -1.19. The average Bonchev–Trinajstić information content (AvgIpc) is 2.41. The Hall–Kier alpha value is -1.04. The van der Waals surface area contributed by atoms with Crippen molar-refractivity contribution in [2.24, 2.45) is 5.41 Å². The van der Waals surface area contributed by atoms with Crippen LogP contribution in [0.4, 0.5) is 13.2 Å². The zero-order valence-corrected chi connectivity index (χ0v) is 13.8. The van der Waals surface area contributed by atoms with Gasteiger partial charge in [-0.3, -0.25) is 4.79 Å². The molecule has 0 spiro atoms. The summed E-state index contributed by atoms with van der Waals surface area (Å²) in [6.45, 7) is 1.68. The van der Waals surface area contributed by atoms with Crippen molar-refractivity contribution in [2.45, 2.75) is 49.5 Å². The van der Waals surface area contributed by atoms with Crippen molar-refractivity contribution < 1.29 is 23.1 Å². The van der Waals surface area contributed by atoms with E-state index in [1.807, 2.05) is 0 Å². The first-order valence-corrected chi connectivity index (χ1v) is 7.96. The predicted molar refractivity (Wildman–Crippen MR) is 81.0 cm³/mol. The number of carbonyl (C=O) groups is 1. The van der Waals surface area contributed by atoms with E-state index in [-0.39, 0.29) is 6.42 Å². The highest BCUT2D eigenvalue weighted by Gasteiger charge is 2.53. The van der Waals surface area contributed by atoms with Crippen molar-refractivity contribution in [3.05, 3.63) is 35.4 Å². The van der Waals surface area contributed by atoms with Crippen LogP contribution in [-0.4, -0.2) is 15.4 Å². The monoisotopic (exact) mass is 378 g/mol. The topological polar surface area (TPSA) is 37.3 Å². The zero-order chi connectivity index (χ0) is 16.6. The minimum absolute atomic E-state index is 0.264. The first kappa shape index (κ1) is 17.3. The van der Waals surface area contributed by atoms with Gasteiger partial charge >= 0.3 is 12.1 Å². The second-order valence-corrected chi connectivity index (χ2v) is 7.70. The Morgan fingerprint density at radius 2 is 1.95 bits per heavy atom. The Labute approximate surface area is 135 Å². The Bertz CT molecular complexity index is 573. The summed E-state index contributed by atoms with van der Waals surface area (Å²) in [5.74, 6) is -0.906. The van der Waals surface area contributed by atoms with Gasteiger partial charge in [0.15, 0.2) is 0 Å². The fourth-order valence-electron chi connectivity index (χ4n) is 3.15. The van der Waals surface area contributed by atoms with Gasteiger partial charge in [0.2, 0.25) is 0 Å². The van der Waals surface area contributed by atoms with Crippen LogP contribution in [0.5, 0.6) is 0 Å². The minimum Gasteiger partial charge on any atom is -0.481 e. The quantitative estimate of drug-likeness (QED) is 0.747. The Morgan fingerprint density at radius 3 is 2.55 bits per heavy atom. The first-order valence-electron chi connectivity index (χ1n) is 7.17. The van der Waals surface area contributed by atoms with Crippen molar-refractivity contribution in [1.82, 2.24) is 0 Å². The number of carboxylic acids is 1. The van der Waals surface area contributed by atoms with Gasteiger partial charge < -0.3 is 5.11 Å². The molecule has 0 heterocycles. The highest BCUT2D eigenvalue weighted by Crippen LogP contribution is 2.52. The molecule has 122 valence electrons. The number of hydrogen-bond donors (Lipinski definition) is 1. The lowest BCUT2D eigenvalue weighted by atomic mass is 9.65. The summed E-state index contributed by atoms with van der Waals surface area (Å²) in [5, 5.41) is 9.58. The maximum Gasteiger partial charge on any atom is 0.416 e. The molecule has 1 aromatic carbocycles. The number of aliphatic carboxylic acids is 1. The molecule has 0 saturated heterocycles. The molecule has 1 aromatic rings. The first-order chi connectivity index (χ1) is 10.1. The van der Waals surface area contributed by atoms with E-state index >= 15 is 0 Å². The summed E-state index contributed by atoms with van der Waals surface area (Å²) in [6.07, 6.45) is -1.29. The zero-order valence-electron chi connectivity index (χ0n) is 12.2. The van der Waals surface area contributed by atoms with Gasteiger partial charge in [0.25, 0.3) is 0 Å². The van der Waals surface area contributed by atoms with E-state index in [9.17, 15) is 23.1 Å². The molecular weight excluding hydrogens is 361 g/mol. The molecule has 0 aromatic heterocycles. The molecule has 1 aliphatic carbocycles. The Kier molecular flexibility index (Phi) is 4.62. The number of alkyl halides is 4. The maximum atomic E-state index is 12.8. The van der Waals surface area contributed by atoms with E-state index in [0.29, 0.717) is 18.4 Å². The number of benzene rings is 1. The molecular formula is C16H18BrF3O2. The fraction of sp³-hybridized carbons (Fsp3) is 0.562. The van der Waals surface area contributed by atoms with Gasteiger partial charge in [0.1, 0.15) is 0 Å². The van der Waals surface area contributed by atoms with Crippen LogP contribution in [0, 0.1) is 5.41 Å². The predicted octanol–water partition coefficient (Wildman–Crippen LogP) is 5.05. The number of carboxylic acid groups (broad SMARTS) is 1. The Balaban J connectivity index is 2.33. The van der Waals surface area contributed by atoms with Crippen LogP contribution < -0.4 is 0 Å². The smallest absolute Gasteiger partial charge is 0.416 e. The van der Waals surface area contributed by atoms with Gasteiger partial charge in [0.05, 0.1) is 11.0 Å². The van der Waals surface area contributed by atoms with Crippen LogP contribution in [0.3, 0.4) is 0 Å². The van der Waals surface area contributed by atoms with Crippen LogP contribution in [0.25, 0.3) is 0 Å². The van der Waals surface area contributed by atoms with Gasteiger partial charge in [-0.05, 0) is 37.8 Å². The van der Waals surface area contributed by atoms with Crippen LogP contribution in [-0.2, 0) is 17.4 Å².